The number of aromatic nitrogens is 4. The van der Waals surface area contributed by atoms with Crippen molar-refractivity contribution in [1.82, 2.24) is 23.6 Å². The lowest BCUT2D eigenvalue weighted by Gasteiger charge is -2.20. The second-order valence-corrected chi connectivity index (χ2v) is 11.0. The van der Waals surface area contributed by atoms with Crippen molar-refractivity contribution in [2.24, 2.45) is 0 Å². The van der Waals surface area contributed by atoms with E-state index < -0.39 is 11.7 Å². The minimum atomic E-state index is -1.03. The summed E-state index contributed by atoms with van der Waals surface area (Å²) in [6, 6.07) is 17.0. The molecule has 2 heterocycles. The van der Waals surface area contributed by atoms with Crippen LogP contribution in [0, 0.1) is 0 Å². The SMILES string of the molecule is CCCn1c(=O)c2c(nc(Cc3ccccc3)n2CCN(CC)CCO)n(CCc2ccc(NC(=O)CCC(=O)O)cc2)c1=O. The number of aliphatic carboxylic acids is 1. The number of fused-ring (bicyclic) bond motifs is 1. The van der Waals surface area contributed by atoms with E-state index in [0.29, 0.717) is 61.6 Å². The number of carbonyl (C=O) groups excluding carboxylic acids is 1. The number of nitrogens with zero attached hydrogens (tertiary/aromatic N) is 5. The number of rotatable bonds is 17. The minimum Gasteiger partial charge on any atom is -0.481 e. The van der Waals surface area contributed by atoms with Crippen LogP contribution in [-0.2, 0) is 42.1 Å². The van der Waals surface area contributed by atoms with Crippen LogP contribution in [0.3, 0.4) is 0 Å². The van der Waals surface area contributed by atoms with Crippen LogP contribution < -0.4 is 16.6 Å². The summed E-state index contributed by atoms with van der Waals surface area (Å²) in [5, 5.41) is 21.0. The Bertz CT molecular complexity index is 1710. The van der Waals surface area contributed by atoms with Crippen molar-refractivity contribution >= 4 is 28.7 Å². The largest absolute Gasteiger partial charge is 0.481 e. The van der Waals surface area contributed by atoms with Crippen molar-refractivity contribution in [2.45, 2.75) is 65.6 Å². The molecule has 4 rings (SSSR count). The average molecular weight is 619 g/mol. The van der Waals surface area contributed by atoms with Crippen LogP contribution in [-0.4, -0.2) is 71.9 Å². The molecule has 0 saturated carbocycles. The van der Waals surface area contributed by atoms with E-state index in [9.17, 15) is 24.3 Å². The Morgan fingerprint density at radius 3 is 2.24 bits per heavy atom. The molecule has 0 fully saturated rings. The molecule has 45 heavy (non-hydrogen) atoms. The Labute approximate surface area is 261 Å². The first-order valence-corrected chi connectivity index (χ1v) is 15.5. The molecule has 0 bridgehead atoms. The van der Waals surface area contributed by atoms with Gasteiger partial charge in [-0.2, -0.15) is 0 Å². The van der Waals surface area contributed by atoms with E-state index in [0.717, 1.165) is 17.7 Å². The molecular formula is C33H42N6O6. The Morgan fingerprint density at radius 1 is 0.867 bits per heavy atom. The summed E-state index contributed by atoms with van der Waals surface area (Å²) in [6.07, 6.45) is 1.23. The highest BCUT2D eigenvalue weighted by Crippen LogP contribution is 2.18. The van der Waals surface area contributed by atoms with Gasteiger partial charge in [0.15, 0.2) is 11.2 Å². The zero-order chi connectivity index (χ0) is 32.3. The lowest BCUT2D eigenvalue weighted by molar-refractivity contribution is -0.138. The van der Waals surface area contributed by atoms with Gasteiger partial charge < -0.3 is 20.1 Å². The zero-order valence-corrected chi connectivity index (χ0v) is 25.9. The van der Waals surface area contributed by atoms with Crippen LogP contribution in [0.5, 0.6) is 0 Å². The summed E-state index contributed by atoms with van der Waals surface area (Å²) < 4.78 is 4.83. The van der Waals surface area contributed by atoms with Gasteiger partial charge in [-0.1, -0.05) is 56.3 Å². The Hall–Kier alpha value is -4.55. The number of aliphatic hydroxyl groups excluding tert-OH is 1. The lowest BCUT2D eigenvalue weighted by Crippen LogP contribution is -2.41. The zero-order valence-electron chi connectivity index (χ0n) is 25.9. The van der Waals surface area contributed by atoms with Crippen molar-refractivity contribution in [2.75, 3.05) is 31.6 Å². The molecule has 3 N–H and O–H groups in total. The van der Waals surface area contributed by atoms with Crippen molar-refractivity contribution in [3.05, 3.63) is 92.4 Å². The summed E-state index contributed by atoms with van der Waals surface area (Å²) in [7, 11) is 0. The van der Waals surface area contributed by atoms with E-state index in [4.69, 9.17) is 10.1 Å². The molecule has 2 aromatic carbocycles. The van der Waals surface area contributed by atoms with Gasteiger partial charge >= 0.3 is 11.7 Å². The van der Waals surface area contributed by atoms with Gasteiger partial charge in [-0.15, -0.1) is 0 Å². The summed E-state index contributed by atoms with van der Waals surface area (Å²) in [4.78, 5) is 57.4. The van der Waals surface area contributed by atoms with Crippen molar-refractivity contribution in [3.8, 4) is 0 Å². The van der Waals surface area contributed by atoms with Gasteiger partial charge in [-0.25, -0.2) is 9.78 Å². The standard InChI is InChI=1S/C33H42N6O6/c1-3-17-39-32(44)30-31(35-27(23-25-8-6-5-7-9-25)37(30)20-19-36(4-2)21-22-40)38(33(39)45)18-16-24-10-12-26(13-11-24)34-28(41)14-15-29(42)43/h5-13,40H,3-4,14-23H2,1-2H3,(H,34,41)(H,42,43). The Kier molecular flexibility index (Phi) is 11.8. The number of carboxylic acid groups (broad SMARTS) is 1. The quantitative estimate of drug-likeness (QED) is 0.163. The fourth-order valence-corrected chi connectivity index (χ4v) is 5.36. The van der Waals surface area contributed by atoms with Crippen molar-refractivity contribution in [1.29, 1.82) is 0 Å². The molecule has 0 atom stereocenters. The third-order valence-corrected chi connectivity index (χ3v) is 7.78. The first-order chi connectivity index (χ1) is 21.7. The number of carboxylic acids is 1. The fraction of sp³-hybridized carbons (Fsp3) is 0.424. The molecule has 0 radical (unpaired) electrons. The smallest absolute Gasteiger partial charge is 0.332 e. The molecule has 0 aliphatic heterocycles. The Balaban J connectivity index is 1.70. The van der Waals surface area contributed by atoms with Crippen LogP contribution in [0.25, 0.3) is 11.2 Å². The van der Waals surface area contributed by atoms with E-state index in [1.165, 1.54) is 4.57 Å². The van der Waals surface area contributed by atoms with Crippen molar-refractivity contribution < 1.29 is 19.8 Å². The van der Waals surface area contributed by atoms with E-state index in [2.05, 4.69) is 10.2 Å². The molecule has 0 unspecified atom stereocenters. The average Bonchev–Trinajstić information content (AvgIpc) is 3.39. The normalized spacial score (nSPS) is 11.4. The van der Waals surface area contributed by atoms with Gasteiger partial charge in [-0.3, -0.25) is 28.4 Å². The molecule has 2 aromatic heterocycles. The predicted molar refractivity (Wildman–Crippen MR) is 173 cm³/mol. The second-order valence-electron chi connectivity index (χ2n) is 11.0. The topological polar surface area (TPSA) is 152 Å². The Morgan fingerprint density at radius 2 is 1.60 bits per heavy atom. The number of amides is 1. The predicted octanol–water partition coefficient (Wildman–Crippen LogP) is 2.72. The molecule has 0 aliphatic carbocycles. The maximum absolute atomic E-state index is 13.9. The summed E-state index contributed by atoms with van der Waals surface area (Å²) in [5.41, 5.74) is 2.50. The number of benzene rings is 2. The van der Waals surface area contributed by atoms with E-state index in [-0.39, 0.29) is 44.0 Å². The summed E-state index contributed by atoms with van der Waals surface area (Å²) >= 11 is 0. The molecule has 0 saturated heterocycles. The number of aliphatic hydroxyl groups is 1. The minimum absolute atomic E-state index is 0.0380. The maximum Gasteiger partial charge on any atom is 0.332 e. The summed E-state index contributed by atoms with van der Waals surface area (Å²) in [5.74, 6) is -0.715. The number of nitrogens with one attached hydrogen (secondary N) is 1. The van der Waals surface area contributed by atoms with Gasteiger partial charge in [0, 0.05) is 51.3 Å². The van der Waals surface area contributed by atoms with Gasteiger partial charge in [0.05, 0.1) is 13.0 Å². The van der Waals surface area contributed by atoms with Crippen LogP contribution >= 0.6 is 0 Å². The monoisotopic (exact) mass is 618 g/mol. The number of hydrogen-bond acceptors (Lipinski definition) is 7. The molecule has 12 nitrogen and oxygen atoms in total. The highest BCUT2D eigenvalue weighted by Gasteiger charge is 2.22. The van der Waals surface area contributed by atoms with E-state index in [1.54, 1.807) is 16.7 Å². The molecule has 1 amide bonds. The highest BCUT2D eigenvalue weighted by atomic mass is 16.4. The molecular weight excluding hydrogens is 576 g/mol. The van der Waals surface area contributed by atoms with E-state index >= 15 is 0 Å². The van der Waals surface area contributed by atoms with Gasteiger partial charge in [0.25, 0.3) is 5.56 Å². The third kappa shape index (κ3) is 8.55. The molecule has 240 valence electrons. The lowest BCUT2D eigenvalue weighted by atomic mass is 10.1. The number of anilines is 1. The second kappa shape index (κ2) is 16.0. The van der Waals surface area contributed by atoms with Crippen molar-refractivity contribution in [3.63, 3.8) is 0 Å². The van der Waals surface area contributed by atoms with Crippen LogP contribution in [0.1, 0.15) is 50.1 Å². The number of carbonyl (C=O) groups is 2. The fourth-order valence-electron chi connectivity index (χ4n) is 5.36. The molecule has 0 aliphatic rings. The van der Waals surface area contributed by atoms with Crippen LogP contribution in [0.15, 0.2) is 64.2 Å². The molecule has 0 spiro atoms. The molecule has 4 aromatic rings. The number of hydrogen-bond donors (Lipinski definition) is 3. The number of imidazole rings is 1. The first kappa shape index (κ1) is 33.3. The van der Waals surface area contributed by atoms with Crippen LogP contribution in [0.2, 0.25) is 0 Å². The summed E-state index contributed by atoms with van der Waals surface area (Å²) in [6.45, 7) is 6.92. The number of aryl methyl sites for hydroxylation is 2. The van der Waals surface area contributed by atoms with E-state index in [1.807, 2.05) is 60.9 Å². The molecule has 12 heteroatoms. The third-order valence-electron chi connectivity index (χ3n) is 7.78. The first-order valence-electron chi connectivity index (χ1n) is 15.5. The van der Waals surface area contributed by atoms with Gasteiger partial charge in [0.2, 0.25) is 5.91 Å². The van der Waals surface area contributed by atoms with Gasteiger partial charge in [0.1, 0.15) is 5.82 Å². The number of likely N-dealkylation sites (N-methyl/N-ethyl adjacent to an activating group) is 1. The van der Waals surface area contributed by atoms with Gasteiger partial charge in [-0.05, 0) is 42.6 Å². The van der Waals surface area contributed by atoms with Crippen LogP contribution in [0.4, 0.5) is 5.69 Å². The highest BCUT2D eigenvalue weighted by molar-refractivity contribution is 5.92. The maximum atomic E-state index is 13.9.